The molecular weight excluding hydrogens is 400 g/mol. The molecule has 1 rings (SSSR count). The van der Waals surface area contributed by atoms with Gasteiger partial charge < -0.3 is 14.8 Å². The van der Waals surface area contributed by atoms with E-state index in [1.165, 1.54) is 19.2 Å². The third-order valence-corrected chi connectivity index (χ3v) is 5.49. The number of aryl methyl sites for hydroxylation is 2. The van der Waals surface area contributed by atoms with Gasteiger partial charge in [-0.25, -0.2) is 13.2 Å². The monoisotopic (exact) mass is 428 g/mol. The highest BCUT2D eigenvalue weighted by atomic mass is 32.2. The molecule has 0 aliphatic heterocycles. The van der Waals surface area contributed by atoms with Crippen LogP contribution in [0.3, 0.4) is 0 Å². The molecule has 0 aliphatic rings. The van der Waals surface area contributed by atoms with E-state index in [4.69, 9.17) is 4.74 Å². The van der Waals surface area contributed by atoms with E-state index in [1.807, 2.05) is 20.8 Å². The fraction of sp³-hybridized carbons (Fsp3) is 0.526. The highest BCUT2D eigenvalue weighted by Crippen LogP contribution is 2.14. The molecule has 1 atom stereocenters. The fourth-order valence-corrected chi connectivity index (χ4v) is 3.43. The summed E-state index contributed by atoms with van der Waals surface area (Å²) in [4.78, 5) is 35.4. The molecule has 0 heterocycles. The molecular formula is C19H28N2O7S. The lowest BCUT2D eigenvalue weighted by molar-refractivity contribution is -0.149. The topological polar surface area (TPSA) is 128 Å². The summed E-state index contributed by atoms with van der Waals surface area (Å²) in [6.45, 7) is 6.12. The molecule has 10 heteroatoms. The van der Waals surface area contributed by atoms with Crippen LogP contribution in [0.15, 0.2) is 23.1 Å². The lowest BCUT2D eigenvalue weighted by atomic mass is 10.0. The average molecular weight is 429 g/mol. The summed E-state index contributed by atoms with van der Waals surface area (Å²) in [5, 5.41) is 2.43. The van der Waals surface area contributed by atoms with Gasteiger partial charge in [0.1, 0.15) is 12.6 Å². The Morgan fingerprint density at radius 2 is 1.76 bits per heavy atom. The van der Waals surface area contributed by atoms with Crippen LogP contribution in [-0.4, -0.2) is 52.6 Å². The summed E-state index contributed by atoms with van der Waals surface area (Å²) in [5.41, 5.74) is 1.74. The van der Waals surface area contributed by atoms with Gasteiger partial charge in [0.05, 0.1) is 12.0 Å². The molecule has 0 spiro atoms. The van der Waals surface area contributed by atoms with Crippen LogP contribution in [0, 0.1) is 19.8 Å². The number of ether oxygens (including phenoxy) is 2. The summed E-state index contributed by atoms with van der Waals surface area (Å²) < 4.78 is 36.0. The number of carbonyl (C=O) groups is 3. The van der Waals surface area contributed by atoms with E-state index in [9.17, 15) is 22.8 Å². The predicted molar refractivity (Wildman–Crippen MR) is 105 cm³/mol. The second kappa shape index (κ2) is 10.9. The first kappa shape index (κ1) is 24.6. The zero-order chi connectivity index (χ0) is 22.2. The Bertz CT molecular complexity index is 850. The van der Waals surface area contributed by atoms with Gasteiger partial charge in [-0.15, -0.1) is 0 Å². The van der Waals surface area contributed by atoms with Gasteiger partial charge in [0.15, 0.2) is 6.61 Å². The number of benzene rings is 1. The maximum atomic E-state index is 12.2. The maximum absolute atomic E-state index is 12.2. The Balaban J connectivity index is 2.54. The van der Waals surface area contributed by atoms with E-state index >= 15 is 0 Å². The minimum Gasteiger partial charge on any atom is -0.467 e. The van der Waals surface area contributed by atoms with Gasteiger partial charge >= 0.3 is 11.9 Å². The number of sulfonamides is 1. The van der Waals surface area contributed by atoms with Crippen LogP contribution in [0.25, 0.3) is 0 Å². The van der Waals surface area contributed by atoms with Gasteiger partial charge in [0.25, 0.3) is 5.91 Å². The van der Waals surface area contributed by atoms with Crippen molar-refractivity contribution in [1.82, 2.24) is 10.0 Å². The van der Waals surface area contributed by atoms with E-state index in [0.29, 0.717) is 6.42 Å². The summed E-state index contributed by atoms with van der Waals surface area (Å²) in [7, 11) is -2.68. The fourth-order valence-electron chi connectivity index (χ4n) is 2.38. The van der Waals surface area contributed by atoms with Crippen LogP contribution < -0.4 is 10.0 Å². The van der Waals surface area contributed by atoms with Gasteiger partial charge in [-0.1, -0.05) is 19.9 Å². The van der Waals surface area contributed by atoms with Crippen molar-refractivity contribution in [2.75, 3.05) is 20.3 Å². The summed E-state index contributed by atoms with van der Waals surface area (Å²) in [5.74, 6) is -2.08. The Kier molecular flexibility index (Phi) is 9.25. The molecule has 162 valence electrons. The van der Waals surface area contributed by atoms with Crippen molar-refractivity contribution in [3.63, 3.8) is 0 Å². The van der Waals surface area contributed by atoms with E-state index < -0.39 is 47.1 Å². The van der Waals surface area contributed by atoms with Crippen molar-refractivity contribution in [1.29, 1.82) is 0 Å². The molecule has 0 aromatic heterocycles. The number of carbonyl (C=O) groups excluding carboxylic acids is 3. The lowest BCUT2D eigenvalue weighted by Crippen LogP contribution is -2.44. The number of hydrogen-bond acceptors (Lipinski definition) is 7. The number of esters is 2. The normalized spacial score (nSPS) is 12.3. The Morgan fingerprint density at radius 3 is 2.31 bits per heavy atom. The van der Waals surface area contributed by atoms with Crippen molar-refractivity contribution in [3.8, 4) is 0 Å². The highest BCUT2D eigenvalue weighted by molar-refractivity contribution is 7.89. The first-order valence-electron chi connectivity index (χ1n) is 9.06. The number of hydrogen-bond donors (Lipinski definition) is 2. The largest absolute Gasteiger partial charge is 0.467 e. The van der Waals surface area contributed by atoms with E-state index in [-0.39, 0.29) is 10.8 Å². The molecule has 0 fully saturated rings. The Morgan fingerprint density at radius 1 is 1.10 bits per heavy atom. The van der Waals surface area contributed by atoms with E-state index in [1.54, 1.807) is 13.0 Å². The third kappa shape index (κ3) is 8.20. The summed E-state index contributed by atoms with van der Waals surface area (Å²) >= 11 is 0. The smallest absolute Gasteiger partial charge is 0.328 e. The lowest BCUT2D eigenvalue weighted by Gasteiger charge is -2.18. The standard InChI is InChI=1S/C19H28N2O7S/c1-12(2)8-16(19(24)27-5)21-17(22)11-28-18(23)10-20-29(25,26)15-7-6-13(3)14(4)9-15/h6-7,9,12,16,20H,8,10-11H2,1-5H3,(H,21,22). The molecule has 29 heavy (non-hydrogen) atoms. The first-order chi connectivity index (χ1) is 13.5. The summed E-state index contributed by atoms with van der Waals surface area (Å²) in [6, 6.07) is 3.75. The minimum atomic E-state index is -3.89. The van der Waals surface area contributed by atoms with E-state index in [2.05, 4.69) is 14.8 Å². The van der Waals surface area contributed by atoms with Crippen molar-refractivity contribution in [2.24, 2.45) is 5.92 Å². The minimum absolute atomic E-state index is 0.0285. The molecule has 0 saturated carbocycles. The summed E-state index contributed by atoms with van der Waals surface area (Å²) in [6.07, 6.45) is 0.363. The van der Waals surface area contributed by atoms with Gasteiger partial charge in [0.2, 0.25) is 10.0 Å². The van der Waals surface area contributed by atoms with Crippen LogP contribution in [-0.2, 0) is 33.9 Å². The molecule has 0 aliphatic carbocycles. The zero-order valence-corrected chi connectivity index (χ0v) is 18.1. The molecule has 2 N–H and O–H groups in total. The number of rotatable bonds is 10. The molecule has 1 aromatic carbocycles. The van der Waals surface area contributed by atoms with Gasteiger partial charge in [0, 0.05) is 0 Å². The zero-order valence-electron chi connectivity index (χ0n) is 17.3. The van der Waals surface area contributed by atoms with Crippen molar-refractivity contribution in [2.45, 2.75) is 45.1 Å². The molecule has 1 amide bonds. The van der Waals surface area contributed by atoms with E-state index in [0.717, 1.165) is 11.1 Å². The SMILES string of the molecule is COC(=O)C(CC(C)C)NC(=O)COC(=O)CNS(=O)(=O)c1ccc(C)c(C)c1. The van der Waals surface area contributed by atoms with Crippen molar-refractivity contribution in [3.05, 3.63) is 29.3 Å². The second-order valence-electron chi connectivity index (χ2n) is 7.00. The Hall–Kier alpha value is -2.46. The van der Waals surface area contributed by atoms with Gasteiger partial charge in [-0.05, 0) is 49.4 Å². The number of methoxy groups -OCH3 is 1. The molecule has 1 aromatic rings. The molecule has 0 bridgehead atoms. The van der Waals surface area contributed by atoms with Crippen LogP contribution in [0.2, 0.25) is 0 Å². The van der Waals surface area contributed by atoms with Crippen LogP contribution >= 0.6 is 0 Å². The number of nitrogens with one attached hydrogen (secondary N) is 2. The molecule has 0 radical (unpaired) electrons. The maximum Gasteiger partial charge on any atom is 0.328 e. The van der Waals surface area contributed by atoms with Gasteiger partial charge in [-0.3, -0.25) is 9.59 Å². The van der Waals surface area contributed by atoms with Gasteiger partial charge in [-0.2, -0.15) is 4.72 Å². The molecule has 9 nitrogen and oxygen atoms in total. The number of amides is 1. The molecule has 0 saturated heterocycles. The van der Waals surface area contributed by atoms with Crippen LogP contribution in [0.4, 0.5) is 0 Å². The average Bonchev–Trinajstić information content (AvgIpc) is 2.65. The van der Waals surface area contributed by atoms with Crippen LogP contribution in [0.5, 0.6) is 0 Å². The second-order valence-corrected chi connectivity index (χ2v) is 8.77. The predicted octanol–water partition coefficient (Wildman–Crippen LogP) is 0.829. The van der Waals surface area contributed by atoms with Crippen molar-refractivity contribution >= 4 is 27.9 Å². The Labute approximate surface area is 171 Å². The van der Waals surface area contributed by atoms with Crippen molar-refractivity contribution < 1.29 is 32.3 Å². The third-order valence-electron chi connectivity index (χ3n) is 4.09. The molecule has 1 unspecified atom stereocenters. The van der Waals surface area contributed by atoms with Crippen LogP contribution in [0.1, 0.15) is 31.4 Å². The highest BCUT2D eigenvalue weighted by Gasteiger charge is 2.23. The first-order valence-corrected chi connectivity index (χ1v) is 10.5. The quantitative estimate of drug-likeness (QED) is 0.528.